The Balaban J connectivity index is 0.743. The molecule has 2 heterocycles. The third-order valence-electron chi connectivity index (χ3n) is 16.5. The molecule has 0 fully saturated rings. The number of aromatic nitrogens is 2. The Labute approximate surface area is 556 Å². The number of fused-ring (bicyclic) bond motifs is 6. The zero-order chi connectivity index (χ0) is 64.1. The number of aliphatic hydroxyl groups excluding tert-OH is 2. The molecule has 2 N–H and O–H groups in total. The first-order valence-electron chi connectivity index (χ1n) is 31.8. The molecule has 0 spiro atoms. The summed E-state index contributed by atoms with van der Waals surface area (Å²) in [5.74, 6) is 0.809. The van der Waals surface area contributed by atoms with E-state index in [2.05, 4.69) is 179 Å². The van der Waals surface area contributed by atoms with E-state index in [1.54, 1.807) is 11.8 Å². The lowest BCUT2D eigenvalue weighted by atomic mass is 10.1. The molecule has 0 aliphatic rings. The molecule has 0 amide bonds. The number of thioether (sulfide) groups is 1. The highest BCUT2D eigenvalue weighted by Gasteiger charge is 2.20. The van der Waals surface area contributed by atoms with Gasteiger partial charge >= 0.3 is 0 Å². The van der Waals surface area contributed by atoms with Crippen LogP contribution in [0.25, 0.3) is 43.6 Å². The molecule has 0 radical (unpaired) electrons. The zero-order valence-corrected chi connectivity index (χ0v) is 52.9. The van der Waals surface area contributed by atoms with E-state index in [0.29, 0.717) is 24.6 Å². The molecule has 2 aromatic heterocycles. The molecule has 95 heavy (non-hydrogen) atoms. The van der Waals surface area contributed by atoms with Gasteiger partial charge in [0.2, 0.25) is 0 Å². The number of nitrogens with zero attached hydrogens (tertiary/aromatic N) is 10. The van der Waals surface area contributed by atoms with Gasteiger partial charge < -0.3 is 19.3 Å². The van der Waals surface area contributed by atoms with Crippen LogP contribution in [0.15, 0.2) is 336 Å². The van der Waals surface area contributed by atoms with Gasteiger partial charge in [-0.15, -0.1) is 0 Å². The Kier molecular flexibility index (Phi) is 18.5. The highest BCUT2D eigenvalue weighted by Crippen LogP contribution is 2.36. The fourth-order valence-corrected chi connectivity index (χ4v) is 12.9. The van der Waals surface area contributed by atoms with Crippen molar-refractivity contribution in [1.29, 1.82) is 0 Å². The standard InChI is InChI=1S/C82H68N10O2S/c93-73(57-87-79-45-41-61(53-83-89(65-25-9-1-10-26-65)66-27-11-2-12-28-66)49-75(79)76-50-62(42-46-80(76)87)54-84-90(67-29-13-3-14-30-67)68-31-15-4-16-32-68)59-95-60-74(94)58-88-81-47-43-63(55-85-91(69-33-17-5-18-34-69)70-35-19-6-20-36-70)51-77(81)78-52-64(44-48-82(78)88)56-86-92(71-37-21-7-22-38-71)72-39-23-8-24-40-72/h1-56,73-74,93-94H,57-60H2. The Bertz CT molecular complexity index is 4210. The number of rotatable bonds is 24. The first kappa shape index (κ1) is 60.9. The maximum atomic E-state index is 12.1. The predicted octanol–water partition coefficient (Wildman–Crippen LogP) is 18.7. The van der Waals surface area contributed by atoms with E-state index < -0.39 is 12.2 Å². The lowest BCUT2D eigenvalue weighted by Gasteiger charge is -2.19. The van der Waals surface area contributed by atoms with Crippen LogP contribution in [0.2, 0.25) is 0 Å². The highest BCUT2D eigenvalue weighted by atomic mass is 32.2. The van der Waals surface area contributed by atoms with Crippen LogP contribution in [0.5, 0.6) is 0 Å². The largest absolute Gasteiger partial charge is 0.390 e. The molecule has 0 aliphatic carbocycles. The molecule has 12 aromatic carbocycles. The zero-order valence-electron chi connectivity index (χ0n) is 52.1. The summed E-state index contributed by atoms with van der Waals surface area (Å²) < 4.78 is 4.43. The van der Waals surface area contributed by atoms with Crippen LogP contribution in [0.3, 0.4) is 0 Å². The minimum atomic E-state index is -0.739. The summed E-state index contributed by atoms with van der Waals surface area (Å²) >= 11 is 1.55. The van der Waals surface area contributed by atoms with Gasteiger partial charge in [-0.25, -0.2) is 20.0 Å². The lowest BCUT2D eigenvalue weighted by Crippen LogP contribution is -2.22. The van der Waals surface area contributed by atoms with E-state index >= 15 is 0 Å². The van der Waals surface area contributed by atoms with Crippen molar-refractivity contribution in [1.82, 2.24) is 9.13 Å². The van der Waals surface area contributed by atoms with Gasteiger partial charge in [-0.3, -0.25) is 0 Å². The van der Waals surface area contributed by atoms with Gasteiger partial charge in [0.1, 0.15) is 0 Å². The number of hydrogen-bond donors (Lipinski definition) is 2. The molecule has 0 saturated heterocycles. The SMILES string of the molecule is OC(CSCC(O)Cn1c2ccc(C=NN(c3ccccc3)c3ccccc3)cc2c2cc(C=NN(c3ccccc3)c3ccccc3)ccc21)Cn1c2ccc(C=NN(c3ccccc3)c3ccccc3)cc2c2cc(C=NN(c3ccccc3)c3ccccc3)ccc21. The van der Waals surface area contributed by atoms with Crippen molar-refractivity contribution in [2.45, 2.75) is 25.3 Å². The summed E-state index contributed by atoms with van der Waals surface area (Å²) in [4.78, 5) is 0. The maximum absolute atomic E-state index is 12.1. The summed E-state index contributed by atoms with van der Waals surface area (Å²) in [7, 11) is 0. The molecule has 0 saturated carbocycles. The summed E-state index contributed by atoms with van der Waals surface area (Å²) in [6.45, 7) is 0.672. The van der Waals surface area contributed by atoms with Crippen LogP contribution in [0.1, 0.15) is 22.3 Å². The molecule has 14 rings (SSSR count). The average molecular weight is 1260 g/mol. The van der Waals surface area contributed by atoms with Gasteiger partial charge in [-0.1, -0.05) is 170 Å². The van der Waals surface area contributed by atoms with E-state index in [9.17, 15) is 10.2 Å². The smallest absolute Gasteiger partial charge is 0.0809 e. The van der Waals surface area contributed by atoms with Crippen molar-refractivity contribution in [3.63, 3.8) is 0 Å². The molecule has 12 nitrogen and oxygen atoms in total. The number of benzene rings is 12. The van der Waals surface area contributed by atoms with E-state index in [0.717, 1.165) is 111 Å². The minimum Gasteiger partial charge on any atom is -0.390 e. The molecule has 13 heteroatoms. The fraction of sp³-hybridized carbons (Fsp3) is 0.0732. The predicted molar refractivity (Wildman–Crippen MR) is 399 cm³/mol. The van der Waals surface area contributed by atoms with E-state index in [-0.39, 0.29) is 0 Å². The topological polar surface area (TPSA) is 113 Å². The van der Waals surface area contributed by atoms with Crippen molar-refractivity contribution in [3.05, 3.63) is 338 Å². The molecule has 464 valence electrons. The van der Waals surface area contributed by atoms with Gasteiger partial charge in [-0.2, -0.15) is 32.2 Å². The second-order valence-corrected chi connectivity index (χ2v) is 24.2. The number of aliphatic hydroxyl groups is 2. The Hall–Kier alpha value is -11.6. The summed E-state index contributed by atoms with van der Waals surface area (Å²) in [6, 6.07) is 107. The van der Waals surface area contributed by atoms with Gasteiger partial charge in [-0.05, 0) is 168 Å². The van der Waals surface area contributed by atoms with Crippen LogP contribution in [0.4, 0.5) is 45.5 Å². The van der Waals surface area contributed by atoms with E-state index in [1.165, 1.54) is 0 Å². The summed E-state index contributed by atoms with van der Waals surface area (Å²) in [5.41, 5.74) is 15.2. The number of anilines is 8. The van der Waals surface area contributed by atoms with Crippen LogP contribution in [-0.4, -0.2) is 67.9 Å². The second kappa shape index (κ2) is 28.9. The number of hydrogen-bond acceptors (Lipinski definition) is 11. The molecule has 2 atom stereocenters. The second-order valence-electron chi connectivity index (χ2n) is 23.1. The van der Waals surface area contributed by atoms with Crippen molar-refractivity contribution in [2.24, 2.45) is 20.4 Å². The van der Waals surface area contributed by atoms with Crippen molar-refractivity contribution in [2.75, 3.05) is 31.5 Å². The van der Waals surface area contributed by atoms with Gasteiger partial charge in [0.25, 0.3) is 0 Å². The normalized spacial score (nSPS) is 12.5. The number of para-hydroxylation sites is 8. The minimum absolute atomic E-state index is 0.336. The molecule has 0 aliphatic heterocycles. The van der Waals surface area contributed by atoms with E-state index in [1.807, 2.05) is 190 Å². The van der Waals surface area contributed by atoms with Gasteiger partial charge in [0, 0.05) is 68.2 Å². The van der Waals surface area contributed by atoms with Crippen LogP contribution >= 0.6 is 11.8 Å². The third kappa shape index (κ3) is 14.1. The van der Waals surface area contributed by atoms with Crippen LogP contribution < -0.4 is 20.0 Å². The molecule has 14 aromatic rings. The lowest BCUT2D eigenvalue weighted by molar-refractivity contribution is 0.176. The third-order valence-corrected chi connectivity index (χ3v) is 17.8. The monoisotopic (exact) mass is 1260 g/mol. The molecular weight excluding hydrogens is 1190 g/mol. The summed E-state index contributed by atoms with van der Waals surface area (Å²) in [6.07, 6.45) is 6.14. The first-order valence-corrected chi connectivity index (χ1v) is 32.9. The first-order chi connectivity index (χ1) is 46.9. The van der Waals surface area contributed by atoms with Gasteiger partial charge in [0.05, 0.1) is 82.6 Å². The quantitative estimate of drug-likeness (QED) is 0.0458. The Morgan fingerprint density at radius 1 is 0.274 bits per heavy atom. The summed E-state index contributed by atoms with van der Waals surface area (Å²) in [5, 5.41) is 56.3. The fourth-order valence-electron chi connectivity index (χ4n) is 12.0. The van der Waals surface area contributed by atoms with E-state index in [4.69, 9.17) is 20.4 Å². The molecule has 2 unspecified atom stereocenters. The highest BCUT2D eigenvalue weighted by molar-refractivity contribution is 7.99. The number of hydrazone groups is 4. The average Bonchev–Trinajstić information content (AvgIpc) is 1.62. The Morgan fingerprint density at radius 3 is 0.653 bits per heavy atom. The van der Waals surface area contributed by atoms with Crippen molar-refractivity contribution >= 4 is 126 Å². The van der Waals surface area contributed by atoms with Crippen molar-refractivity contribution < 1.29 is 10.2 Å². The van der Waals surface area contributed by atoms with Gasteiger partial charge in [0.15, 0.2) is 0 Å². The van der Waals surface area contributed by atoms with Crippen molar-refractivity contribution in [3.8, 4) is 0 Å². The molecule has 0 bridgehead atoms. The van der Waals surface area contributed by atoms with Crippen LogP contribution in [0, 0.1) is 0 Å². The Morgan fingerprint density at radius 2 is 0.463 bits per heavy atom. The molecular formula is C82H68N10O2S. The van der Waals surface area contributed by atoms with Crippen LogP contribution in [-0.2, 0) is 13.1 Å². The maximum Gasteiger partial charge on any atom is 0.0809 e.